The second-order valence-corrected chi connectivity index (χ2v) is 2.34. The van der Waals surface area contributed by atoms with Crippen molar-refractivity contribution in [3.8, 4) is 0 Å². The van der Waals surface area contributed by atoms with Gasteiger partial charge in [-0.15, -0.1) is 0 Å². The average Bonchev–Trinajstić information content (AvgIpc) is 2.65. The monoisotopic (exact) mass is 185 g/mol. The molecular weight excluding hydrogens is 166 g/mol. The first-order chi connectivity index (χ1) is 6.38. The molecule has 0 aromatic carbocycles. The normalized spacial score (nSPS) is 9.23. The number of imidazole rings is 1. The maximum atomic E-state index is 8.79. The molecule has 13 heavy (non-hydrogen) atoms. The lowest BCUT2D eigenvalue weighted by molar-refractivity contribution is 0.264. The molecule has 1 rings (SSSR count). The van der Waals surface area contributed by atoms with Crippen molar-refractivity contribution < 1.29 is 5.11 Å². The predicted octanol–water partition coefficient (Wildman–Crippen LogP) is 0.750. The molecule has 1 aromatic rings. The molecule has 76 valence electrons. The van der Waals surface area contributed by atoms with E-state index in [1.165, 1.54) is 0 Å². The summed E-state index contributed by atoms with van der Waals surface area (Å²) in [5, 5.41) is 8.79. The quantitative estimate of drug-likeness (QED) is 0.727. The molecule has 3 N–H and O–H groups in total. The standard InChI is InChI=1S/C7H13N3O.C2H6/c8-2-1-4-10-5-3-9-7(10)6-11;1-2/h3,5,11H,1-2,4,6,8H2;1-2H3. The third-order valence-corrected chi connectivity index (χ3v) is 1.55. The lowest BCUT2D eigenvalue weighted by Crippen LogP contribution is -2.07. The van der Waals surface area contributed by atoms with Crippen molar-refractivity contribution in [1.82, 2.24) is 9.55 Å². The van der Waals surface area contributed by atoms with Gasteiger partial charge in [-0.2, -0.15) is 0 Å². The molecule has 4 heteroatoms. The number of aliphatic hydroxyl groups excluding tert-OH is 1. The van der Waals surface area contributed by atoms with E-state index in [9.17, 15) is 0 Å². The van der Waals surface area contributed by atoms with E-state index in [0.29, 0.717) is 12.4 Å². The lowest BCUT2D eigenvalue weighted by atomic mass is 10.4. The van der Waals surface area contributed by atoms with Crippen molar-refractivity contribution in [2.75, 3.05) is 6.54 Å². The second kappa shape index (κ2) is 7.76. The first-order valence-corrected chi connectivity index (χ1v) is 4.69. The highest BCUT2D eigenvalue weighted by atomic mass is 16.3. The van der Waals surface area contributed by atoms with Crippen molar-refractivity contribution in [2.45, 2.75) is 33.4 Å². The van der Waals surface area contributed by atoms with E-state index in [1.807, 2.05) is 24.6 Å². The molecule has 1 aromatic heterocycles. The Bertz CT molecular complexity index is 210. The van der Waals surface area contributed by atoms with Crippen molar-refractivity contribution in [1.29, 1.82) is 0 Å². The lowest BCUT2D eigenvalue weighted by Gasteiger charge is -2.03. The summed E-state index contributed by atoms with van der Waals surface area (Å²) in [7, 11) is 0. The fourth-order valence-corrected chi connectivity index (χ4v) is 0.957. The van der Waals surface area contributed by atoms with Gasteiger partial charge in [-0.1, -0.05) is 13.8 Å². The number of nitrogens with zero attached hydrogens (tertiary/aromatic N) is 2. The summed E-state index contributed by atoms with van der Waals surface area (Å²) in [6, 6.07) is 0. The largest absolute Gasteiger partial charge is 0.388 e. The van der Waals surface area contributed by atoms with Crippen molar-refractivity contribution in [2.24, 2.45) is 5.73 Å². The van der Waals surface area contributed by atoms with Crippen LogP contribution in [0.4, 0.5) is 0 Å². The SMILES string of the molecule is CC.NCCCn1ccnc1CO. The van der Waals surface area contributed by atoms with Crippen LogP contribution in [-0.4, -0.2) is 21.2 Å². The number of nitrogens with two attached hydrogens (primary N) is 1. The summed E-state index contributed by atoms with van der Waals surface area (Å²) in [5.41, 5.74) is 5.34. The van der Waals surface area contributed by atoms with Crippen LogP contribution in [0.2, 0.25) is 0 Å². The molecular formula is C9H19N3O. The number of aryl methyl sites for hydroxylation is 1. The minimum absolute atomic E-state index is 0.00241. The minimum Gasteiger partial charge on any atom is -0.388 e. The topological polar surface area (TPSA) is 64.1 Å². The molecule has 4 nitrogen and oxygen atoms in total. The van der Waals surface area contributed by atoms with Crippen molar-refractivity contribution in [3.63, 3.8) is 0 Å². The molecule has 0 fully saturated rings. The highest BCUT2D eigenvalue weighted by molar-refractivity contribution is 4.89. The average molecular weight is 185 g/mol. The Hall–Kier alpha value is -0.870. The number of aliphatic hydroxyl groups is 1. The van der Waals surface area contributed by atoms with E-state index in [0.717, 1.165) is 13.0 Å². The number of hydrogen-bond acceptors (Lipinski definition) is 3. The summed E-state index contributed by atoms with van der Waals surface area (Å²) in [6.45, 7) is 5.51. The van der Waals surface area contributed by atoms with Gasteiger partial charge in [0.2, 0.25) is 0 Å². The van der Waals surface area contributed by atoms with E-state index in [4.69, 9.17) is 10.8 Å². The van der Waals surface area contributed by atoms with Gasteiger partial charge in [-0.3, -0.25) is 0 Å². The molecule has 0 aliphatic rings. The Kier molecular flexibility index (Phi) is 7.24. The van der Waals surface area contributed by atoms with Crippen LogP contribution in [0, 0.1) is 0 Å². The third-order valence-electron chi connectivity index (χ3n) is 1.55. The summed E-state index contributed by atoms with van der Waals surface area (Å²) in [4.78, 5) is 3.96. The van der Waals surface area contributed by atoms with Gasteiger partial charge in [-0.25, -0.2) is 4.98 Å². The Morgan fingerprint density at radius 1 is 1.54 bits per heavy atom. The minimum atomic E-state index is -0.00241. The molecule has 0 atom stereocenters. The van der Waals surface area contributed by atoms with Crippen LogP contribution in [0.15, 0.2) is 12.4 Å². The highest BCUT2D eigenvalue weighted by Gasteiger charge is 1.98. The molecule has 0 saturated heterocycles. The Morgan fingerprint density at radius 2 is 2.23 bits per heavy atom. The van der Waals surface area contributed by atoms with Gasteiger partial charge in [0.25, 0.3) is 0 Å². The number of aromatic nitrogens is 2. The highest BCUT2D eigenvalue weighted by Crippen LogP contribution is 1.97. The van der Waals surface area contributed by atoms with Crippen LogP contribution in [-0.2, 0) is 13.2 Å². The third kappa shape index (κ3) is 4.05. The maximum Gasteiger partial charge on any atom is 0.134 e. The zero-order valence-electron chi connectivity index (χ0n) is 8.40. The number of rotatable bonds is 4. The maximum absolute atomic E-state index is 8.79. The second-order valence-electron chi connectivity index (χ2n) is 2.34. The summed E-state index contributed by atoms with van der Waals surface area (Å²) < 4.78 is 1.91. The molecule has 0 spiro atoms. The molecule has 0 unspecified atom stereocenters. The Morgan fingerprint density at radius 3 is 2.77 bits per heavy atom. The van der Waals surface area contributed by atoms with Gasteiger partial charge >= 0.3 is 0 Å². The van der Waals surface area contributed by atoms with Gasteiger partial charge in [0.15, 0.2) is 0 Å². The molecule has 0 radical (unpaired) electrons. The van der Waals surface area contributed by atoms with Crippen LogP contribution in [0.1, 0.15) is 26.1 Å². The van der Waals surface area contributed by atoms with Crippen molar-refractivity contribution >= 4 is 0 Å². The van der Waals surface area contributed by atoms with Crippen molar-refractivity contribution in [3.05, 3.63) is 18.2 Å². The van der Waals surface area contributed by atoms with Crippen LogP contribution >= 0.6 is 0 Å². The molecule has 0 amide bonds. The zero-order valence-corrected chi connectivity index (χ0v) is 8.40. The van der Waals surface area contributed by atoms with Gasteiger partial charge in [-0.05, 0) is 13.0 Å². The van der Waals surface area contributed by atoms with E-state index in [2.05, 4.69) is 4.98 Å². The molecule has 0 aliphatic heterocycles. The first-order valence-electron chi connectivity index (χ1n) is 4.69. The predicted molar refractivity (Wildman–Crippen MR) is 53.2 cm³/mol. The Balaban J connectivity index is 0.000000671. The van der Waals surface area contributed by atoms with Gasteiger partial charge < -0.3 is 15.4 Å². The summed E-state index contributed by atoms with van der Waals surface area (Å²) in [5.74, 6) is 0.707. The van der Waals surface area contributed by atoms with Crippen LogP contribution < -0.4 is 5.73 Å². The van der Waals surface area contributed by atoms with Gasteiger partial charge in [0, 0.05) is 18.9 Å². The van der Waals surface area contributed by atoms with Gasteiger partial charge in [0.1, 0.15) is 12.4 Å². The van der Waals surface area contributed by atoms with Gasteiger partial charge in [0.05, 0.1) is 0 Å². The summed E-state index contributed by atoms with van der Waals surface area (Å²) >= 11 is 0. The van der Waals surface area contributed by atoms with E-state index in [-0.39, 0.29) is 6.61 Å². The van der Waals surface area contributed by atoms with Crippen LogP contribution in [0.3, 0.4) is 0 Å². The molecule has 1 heterocycles. The van der Waals surface area contributed by atoms with Crippen LogP contribution in [0.5, 0.6) is 0 Å². The fraction of sp³-hybridized carbons (Fsp3) is 0.667. The summed E-state index contributed by atoms with van der Waals surface area (Å²) in [6.07, 6.45) is 4.45. The zero-order chi connectivity index (χ0) is 10.1. The van der Waals surface area contributed by atoms with E-state index >= 15 is 0 Å². The van der Waals surface area contributed by atoms with Crippen LogP contribution in [0.25, 0.3) is 0 Å². The molecule has 0 aliphatic carbocycles. The molecule has 0 saturated carbocycles. The Labute approximate surface area is 79.4 Å². The smallest absolute Gasteiger partial charge is 0.134 e. The van der Waals surface area contributed by atoms with E-state index < -0.39 is 0 Å². The number of hydrogen-bond donors (Lipinski definition) is 2. The molecule has 0 bridgehead atoms. The van der Waals surface area contributed by atoms with E-state index in [1.54, 1.807) is 6.20 Å². The fourth-order valence-electron chi connectivity index (χ4n) is 0.957. The first kappa shape index (κ1) is 12.1.